The van der Waals surface area contributed by atoms with Crippen LogP contribution >= 0.6 is 7.60 Å². The number of carbonyl (C=O) groups excluding carboxylic acids is 1. The summed E-state index contributed by atoms with van der Waals surface area (Å²) in [7, 11) is -5.07. The van der Waals surface area contributed by atoms with Crippen LogP contribution in [0.15, 0.2) is 30.3 Å². The van der Waals surface area contributed by atoms with E-state index >= 15 is 0 Å². The van der Waals surface area contributed by atoms with E-state index in [1.807, 2.05) is 11.8 Å². The Bertz CT molecular complexity index is 822. The van der Waals surface area contributed by atoms with Gasteiger partial charge in [-0.3, -0.25) is 9.46 Å². The van der Waals surface area contributed by atoms with Crippen molar-refractivity contribution in [2.75, 3.05) is 19.8 Å². The minimum absolute atomic E-state index is 0.113. The normalized spacial score (nSPS) is 13.6. The standard InChI is InChI=1S/C20H23F3NO5P/c1-5-14-19(20(21,22)23,30(26,28-7-3)29-8-4)24(15-6-2)18(25)27-16-17-12-10-9-11-13-17/h1-2,9-13H,7-8,14-16H2,3-4H3. The quantitative estimate of drug-likeness (QED) is 0.382. The van der Waals surface area contributed by atoms with E-state index < -0.39 is 38.1 Å². The van der Waals surface area contributed by atoms with Crippen LogP contribution in [0.3, 0.4) is 0 Å². The minimum atomic E-state index is -5.32. The van der Waals surface area contributed by atoms with E-state index in [1.54, 1.807) is 30.3 Å². The summed E-state index contributed by atoms with van der Waals surface area (Å²) in [4.78, 5) is 12.9. The maximum Gasteiger partial charge on any atom is 0.424 e. The molecule has 1 rings (SSSR count). The van der Waals surface area contributed by atoms with Gasteiger partial charge in [-0.1, -0.05) is 36.3 Å². The van der Waals surface area contributed by atoms with Crippen LogP contribution in [0.25, 0.3) is 0 Å². The zero-order chi connectivity index (χ0) is 22.8. The van der Waals surface area contributed by atoms with E-state index in [9.17, 15) is 22.5 Å². The molecule has 0 radical (unpaired) electrons. The minimum Gasteiger partial charge on any atom is -0.444 e. The fourth-order valence-corrected chi connectivity index (χ4v) is 4.94. The summed E-state index contributed by atoms with van der Waals surface area (Å²) >= 11 is 0. The number of amides is 1. The first-order chi connectivity index (χ1) is 14.1. The van der Waals surface area contributed by atoms with Crippen molar-refractivity contribution in [1.82, 2.24) is 4.90 Å². The predicted molar refractivity (Wildman–Crippen MR) is 105 cm³/mol. The van der Waals surface area contributed by atoms with Gasteiger partial charge in [0.15, 0.2) is 0 Å². The Morgan fingerprint density at radius 1 is 1.10 bits per heavy atom. The number of rotatable bonds is 10. The van der Waals surface area contributed by atoms with E-state index in [0.29, 0.717) is 5.56 Å². The third kappa shape index (κ3) is 5.37. The Morgan fingerprint density at radius 3 is 2.10 bits per heavy atom. The van der Waals surface area contributed by atoms with E-state index in [2.05, 4.69) is 0 Å². The number of alkyl halides is 3. The van der Waals surface area contributed by atoms with Gasteiger partial charge in [0.2, 0.25) is 0 Å². The smallest absolute Gasteiger partial charge is 0.424 e. The Hall–Kier alpha value is -2.45. The molecule has 0 aromatic heterocycles. The second-order valence-electron chi connectivity index (χ2n) is 5.86. The number of hydrogen-bond acceptors (Lipinski definition) is 5. The fraction of sp³-hybridized carbons (Fsp3) is 0.450. The summed E-state index contributed by atoms with van der Waals surface area (Å²) in [6.07, 6.45) is 2.41. The number of hydrogen-bond donors (Lipinski definition) is 0. The van der Waals surface area contributed by atoms with Gasteiger partial charge in [-0.05, 0) is 19.4 Å². The molecular formula is C20H23F3NO5P. The number of carbonyl (C=O) groups is 1. The average Bonchev–Trinajstić information content (AvgIpc) is 2.69. The highest BCUT2D eigenvalue weighted by atomic mass is 31.2. The molecule has 0 N–H and O–H groups in total. The van der Waals surface area contributed by atoms with Crippen molar-refractivity contribution in [3.63, 3.8) is 0 Å². The summed E-state index contributed by atoms with van der Waals surface area (Å²) in [5, 5.41) is -3.53. The van der Waals surface area contributed by atoms with Crippen molar-refractivity contribution in [3.05, 3.63) is 35.9 Å². The zero-order valence-corrected chi connectivity index (χ0v) is 17.5. The fourth-order valence-electron chi connectivity index (χ4n) is 2.72. The van der Waals surface area contributed by atoms with Crippen molar-refractivity contribution in [3.8, 4) is 24.7 Å². The number of nitrogens with zero attached hydrogens (tertiary/aromatic N) is 1. The second-order valence-corrected chi connectivity index (χ2v) is 8.11. The van der Waals surface area contributed by atoms with Crippen molar-refractivity contribution >= 4 is 13.7 Å². The molecule has 1 atom stereocenters. The lowest BCUT2D eigenvalue weighted by Crippen LogP contribution is -2.61. The van der Waals surface area contributed by atoms with Crippen molar-refractivity contribution in [2.45, 2.75) is 38.3 Å². The number of halogens is 3. The zero-order valence-electron chi connectivity index (χ0n) is 16.6. The second kappa shape index (κ2) is 11.1. The number of ether oxygens (including phenoxy) is 1. The van der Waals surface area contributed by atoms with E-state index in [4.69, 9.17) is 26.6 Å². The summed E-state index contributed by atoms with van der Waals surface area (Å²) in [6.45, 7) is 0.673. The molecule has 30 heavy (non-hydrogen) atoms. The monoisotopic (exact) mass is 445 g/mol. The average molecular weight is 445 g/mol. The lowest BCUT2D eigenvalue weighted by Gasteiger charge is -2.44. The molecule has 1 unspecified atom stereocenters. The first kappa shape index (κ1) is 25.6. The maximum atomic E-state index is 14.5. The molecule has 0 aliphatic heterocycles. The van der Waals surface area contributed by atoms with Gasteiger partial charge in [0.1, 0.15) is 6.61 Å². The molecular weight excluding hydrogens is 422 g/mol. The van der Waals surface area contributed by atoms with Gasteiger partial charge < -0.3 is 13.8 Å². The molecule has 1 aromatic carbocycles. The summed E-state index contributed by atoms with van der Waals surface area (Å²) < 4.78 is 71.7. The molecule has 0 aliphatic rings. The van der Waals surface area contributed by atoms with Crippen molar-refractivity contribution in [1.29, 1.82) is 0 Å². The molecule has 0 fully saturated rings. The maximum absolute atomic E-state index is 14.5. The molecule has 164 valence electrons. The topological polar surface area (TPSA) is 65.1 Å². The van der Waals surface area contributed by atoms with Crippen molar-refractivity contribution < 1.29 is 36.3 Å². The van der Waals surface area contributed by atoms with Gasteiger partial charge in [-0.15, -0.1) is 18.8 Å². The molecule has 1 amide bonds. The third-order valence-corrected chi connectivity index (χ3v) is 6.73. The van der Waals surface area contributed by atoms with E-state index in [0.717, 1.165) is 0 Å². The van der Waals surface area contributed by atoms with Crippen molar-refractivity contribution in [2.24, 2.45) is 0 Å². The summed E-state index contributed by atoms with van der Waals surface area (Å²) in [5.41, 5.74) is 0.527. The molecule has 0 heterocycles. The number of terminal acetylenes is 2. The van der Waals surface area contributed by atoms with Crippen LogP contribution in [0.1, 0.15) is 25.8 Å². The Labute approximate surface area is 174 Å². The molecule has 0 aliphatic carbocycles. The van der Waals surface area contributed by atoms with E-state index in [-0.39, 0.29) is 24.7 Å². The Balaban J connectivity index is 3.54. The van der Waals surface area contributed by atoms with Crippen LogP contribution < -0.4 is 0 Å². The van der Waals surface area contributed by atoms with Crippen LogP contribution in [-0.4, -0.2) is 42.2 Å². The van der Waals surface area contributed by atoms with Crippen LogP contribution in [0.2, 0.25) is 0 Å². The highest BCUT2D eigenvalue weighted by Crippen LogP contribution is 2.68. The molecule has 6 nitrogen and oxygen atoms in total. The van der Waals surface area contributed by atoms with Crippen LogP contribution in [0.5, 0.6) is 0 Å². The first-order valence-electron chi connectivity index (χ1n) is 8.94. The molecule has 0 bridgehead atoms. The molecule has 0 saturated heterocycles. The number of benzene rings is 1. The first-order valence-corrected chi connectivity index (χ1v) is 10.5. The molecule has 0 saturated carbocycles. The molecule has 0 spiro atoms. The molecule has 10 heteroatoms. The van der Waals surface area contributed by atoms with Crippen LogP contribution in [0.4, 0.5) is 18.0 Å². The van der Waals surface area contributed by atoms with Gasteiger partial charge in [0.25, 0.3) is 5.28 Å². The predicted octanol–water partition coefficient (Wildman–Crippen LogP) is 4.81. The van der Waals surface area contributed by atoms with E-state index in [1.165, 1.54) is 13.8 Å². The Kier molecular flexibility index (Phi) is 9.45. The SMILES string of the molecule is C#CCN(C(=O)OCc1ccccc1)C(CC#C)(C(F)(F)F)P(=O)(OCC)OCC. The lowest BCUT2D eigenvalue weighted by molar-refractivity contribution is -0.200. The Morgan fingerprint density at radius 2 is 1.67 bits per heavy atom. The summed E-state index contributed by atoms with van der Waals surface area (Å²) in [5.74, 6) is 3.80. The highest BCUT2D eigenvalue weighted by Gasteiger charge is 2.72. The largest absolute Gasteiger partial charge is 0.444 e. The van der Waals surface area contributed by atoms with Crippen LogP contribution in [0, 0.1) is 24.7 Å². The molecule has 1 aromatic rings. The van der Waals surface area contributed by atoms with Gasteiger partial charge in [-0.2, -0.15) is 13.2 Å². The van der Waals surface area contributed by atoms with Gasteiger partial charge >= 0.3 is 19.9 Å². The third-order valence-electron chi connectivity index (χ3n) is 3.98. The van der Waals surface area contributed by atoms with Gasteiger partial charge in [0, 0.05) is 0 Å². The van der Waals surface area contributed by atoms with Gasteiger partial charge in [-0.25, -0.2) is 4.79 Å². The van der Waals surface area contributed by atoms with Crippen LogP contribution in [-0.2, 0) is 25.0 Å². The van der Waals surface area contributed by atoms with Gasteiger partial charge in [0.05, 0.1) is 26.2 Å². The summed E-state index contributed by atoms with van der Waals surface area (Å²) in [6, 6.07) is 8.28. The highest BCUT2D eigenvalue weighted by molar-refractivity contribution is 7.55. The lowest BCUT2D eigenvalue weighted by atomic mass is 10.1.